The van der Waals surface area contributed by atoms with E-state index in [-0.39, 0.29) is 5.97 Å². The Hall–Kier alpha value is -2.88. The van der Waals surface area contributed by atoms with Gasteiger partial charge in [-0.1, -0.05) is 49.4 Å². The molecule has 0 saturated carbocycles. The molecule has 0 unspecified atom stereocenters. The van der Waals surface area contributed by atoms with Crippen molar-refractivity contribution in [3.63, 3.8) is 0 Å². The summed E-state index contributed by atoms with van der Waals surface area (Å²) in [5.74, 6) is 0.280. The lowest BCUT2D eigenvalue weighted by molar-refractivity contribution is -0.132. The quantitative estimate of drug-likeness (QED) is 0.348. The predicted molar refractivity (Wildman–Crippen MR) is 101 cm³/mol. The zero-order valence-electron chi connectivity index (χ0n) is 15.3. The number of carbonyl (C=O) groups is 2. The third-order valence-corrected chi connectivity index (χ3v) is 4.57. The molecule has 4 nitrogen and oxygen atoms in total. The number of hydrogen-bond acceptors (Lipinski definition) is 4. The maximum atomic E-state index is 12.2. The molecule has 0 radical (unpaired) electrons. The summed E-state index contributed by atoms with van der Waals surface area (Å²) in [4.78, 5) is 23.9. The van der Waals surface area contributed by atoms with Crippen molar-refractivity contribution >= 4 is 22.7 Å². The normalized spacial score (nSPS) is 13.0. The number of carbonyl (C=O) groups excluding carboxylic acids is 2. The van der Waals surface area contributed by atoms with E-state index in [0.29, 0.717) is 29.9 Å². The van der Waals surface area contributed by atoms with E-state index in [1.54, 1.807) is 6.92 Å². The van der Waals surface area contributed by atoms with E-state index in [1.807, 2.05) is 24.3 Å². The molecule has 3 rings (SSSR count). The van der Waals surface area contributed by atoms with Crippen molar-refractivity contribution in [1.29, 1.82) is 0 Å². The average molecular weight is 350 g/mol. The minimum atomic E-state index is -0.454. The first-order chi connectivity index (χ1) is 12.4. The summed E-state index contributed by atoms with van der Waals surface area (Å²) in [5.41, 5.74) is 3.43. The van der Waals surface area contributed by atoms with Crippen molar-refractivity contribution in [2.45, 2.75) is 40.0 Å². The molecule has 4 heteroatoms. The minimum absolute atomic E-state index is 0.342. The summed E-state index contributed by atoms with van der Waals surface area (Å²) < 4.78 is 11.3. The van der Waals surface area contributed by atoms with Crippen LogP contribution in [0.5, 0.6) is 11.5 Å². The Labute approximate surface area is 153 Å². The second kappa shape index (κ2) is 7.16. The average Bonchev–Trinajstić information content (AvgIpc) is 2.63. The highest BCUT2D eigenvalue weighted by Crippen LogP contribution is 2.44. The summed E-state index contributed by atoms with van der Waals surface area (Å²) in [5, 5.41) is 1.52. The maximum absolute atomic E-state index is 12.2. The second-order valence-corrected chi connectivity index (χ2v) is 6.52. The van der Waals surface area contributed by atoms with Gasteiger partial charge < -0.3 is 9.47 Å². The Balaban J connectivity index is 2.30. The highest BCUT2D eigenvalue weighted by molar-refractivity contribution is 6.00. The fourth-order valence-corrected chi connectivity index (χ4v) is 3.25. The Kier molecular flexibility index (Phi) is 4.94. The molecule has 26 heavy (non-hydrogen) atoms. The SMILES string of the molecule is C=C(C)C(=O)Oc1c2c(c(OC(C)=O)c3ccccc13)CC=C(CC)C2. The van der Waals surface area contributed by atoms with Crippen molar-refractivity contribution in [3.05, 3.63) is 59.2 Å². The molecule has 0 aromatic heterocycles. The van der Waals surface area contributed by atoms with Gasteiger partial charge in [-0.15, -0.1) is 0 Å². The Bertz CT molecular complexity index is 950. The lowest BCUT2D eigenvalue weighted by Crippen LogP contribution is -2.15. The van der Waals surface area contributed by atoms with Gasteiger partial charge in [0.15, 0.2) is 0 Å². The van der Waals surface area contributed by atoms with E-state index >= 15 is 0 Å². The van der Waals surface area contributed by atoms with Crippen LogP contribution in [0.4, 0.5) is 0 Å². The molecule has 134 valence electrons. The molecule has 2 aromatic rings. The van der Waals surface area contributed by atoms with E-state index in [9.17, 15) is 9.59 Å². The smallest absolute Gasteiger partial charge is 0.338 e. The number of fused-ring (bicyclic) bond motifs is 2. The molecule has 2 aromatic carbocycles. The van der Waals surface area contributed by atoms with Crippen LogP contribution in [0, 0.1) is 0 Å². The number of rotatable bonds is 4. The van der Waals surface area contributed by atoms with Crippen LogP contribution in [-0.2, 0) is 22.4 Å². The van der Waals surface area contributed by atoms with Crippen LogP contribution in [0.25, 0.3) is 10.8 Å². The lowest BCUT2D eigenvalue weighted by Gasteiger charge is -2.24. The van der Waals surface area contributed by atoms with Gasteiger partial charge in [0, 0.05) is 34.4 Å². The Morgan fingerprint density at radius 2 is 1.65 bits per heavy atom. The van der Waals surface area contributed by atoms with Crippen LogP contribution in [-0.4, -0.2) is 11.9 Å². The number of allylic oxidation sites excluding steroid dienone is 2. The Morgan fingerprint density at radius 1 is 1.04 bits per heavy atom. The highest BCUT2D eigenvalue weighted by atomic mass is 16.5. The molecular weight excluding hydrogens is 328 g/mol. The van der Waals surface area contributed by atoms with Crippen LogP contribution in [0.2, 0.25) is 0 Å². The van der Waals surface area contributed by atoms with Crippen LogP contribution < -0.4 is 9.47 Å². The van der Waals surface area contributed by atoms with Gasteiger partial charge in [0.05, 0.1) is 0 Å². The van der Waals surface area contributed by atoms with Crippen LogP contribution in [0.3, 0.4) is 0 Å². The molecule has 0 bridgehead atoms. The van der Waals surface area contributed by atoms with Gasteiger partial charge in [0.2, 0.25) is 0 Å². The summed E-state index contributed by atoms with van der Waals surface area (Å²) in [6.07, 6.45) is 4.39. The van der Waals surface area contributed by atoms with Crippen LogP contribution in [0.1, 0.15) is 38.3 Å². The summed E-state index contributed by atoms with van der Waals surface area (Å²) in [7, 11) is 0. The van der Waals surface area contributed by atoms with E-state index in [0.717, 1.165) is 28.3 Å². The predicted octanol–water partition coefficient (Wildman–Crippen LogP) is 4.68. The van der Waals surface area contributed by atoms with Crippen molar-refractivity contribution < 1.29 is 19.1 Å². The van der Waals surface area contributed by atoms with E-state index in [2.05, 4.69) is 19.6 Å². The van der Waals surface area contributed by atoms with Crippen molar-refractivity contribution in [3.8, 4) is 11.5 Å². The molecule has 0 heterocycles. The van der Waals surface area contributed by atoms with Gasteiger partial charge in [0.25, 0.3) is 0 Å². The van der Waals surface area contributed by atoms with Gasteiger partial charge in [-0.05, 0) is 26.2 Å². The van der Waals surface area contributed by atoms with E-state index in [1.165, 1.54) is 12.5 Å². The molecule has 0 aliphatic heterocycles. The monoisotopic (exact) mass is 350 g/mol. The number of esters is 2. The number of ether oxygens (including phenoxy) is 2. The first-order valence-electron chi connectivity index (χ1n) is 8.72. The molecular formula is C22H22O4. The first-order valence-corrected chi connectivity index (χ1v) is 8.72. The topological polar surface area (TPSA) is 52.6 Å². The zero-order chi connectivity index (χ0) is 18.8. The van der Waals surface area contributed by atoms with Gasteiger partial charge in [-0.25, -0.2) is 4.79 Å². The maximum Gasteiger partial charge on any atom is 0.338 e. The minimum Gasteiger partial charge on any atom is -0.426 e. The molecule has 0 N–H and O–H groups in total. The molecule has 0 spiro atoms. The first kappa shape index (κ1) is 17.9. The van der Waals surface area contributed by atoms with Gasteiger partial charge in [-0.2, -0.15) is 0 Å². The summed E-state index contributed by atoms with van der Waals surface area (Å²) in [6, 6.07) is 7.52. The van der Waals surface area contributed by atoms with Crippen molar-refractivity contribution in [2.24, 2.45) is 0 Å². The Morgan fingerprint density at radius 3 is 2.19 bits per heavy atom. The lowest BCUT2D eigenvalue weighted by atomic mass is 9.86. The number of benzene rings is 2. The molecule has 0 amide bonds. The molecule has 0 saturated heterocycles. The van der Waals surface area contributed by atoms with Crippen LogP contribution >= 0.6 is 0 Å². The van der Waals surface area contributed by atoms with E-state index in [4.69, 9.17) is 9.47 Å². The molecule has 0 fully saturated rings. The van der Waals surface area contributed by atoms with Crippen LogP contribution in [0.15, 0.2) is 48.1 Å². The summed E-state index contributed by atoms with van der Waals surface area (Å²) >= 11 is 0. The van der Waals surface area contributed by atoms with Crippen molar-refractivity contribution in [2.75, 3.05) is 0 Å². The largest absolute Gasteiger partial charge is 0.426 e. The molecule has 1 aliphatic rings. The summed E-state index contributed by atoms with van der Waals surface area (Å²) in [6.45, 7) is 8.80. The molecule has 1 aliphatic carbocycles. The second-order valence-electron chi connectivity index (χ2n) is 6.52. The standard InChI is InChI=1S/C22H22O4/c1-5-15-10-11-18-19(12-15)21(26-22(24)13(2)3)17-9-7-6-8-16(17)20(18)25-14(4)23/h6-10H,2,5,11-12H2,1,3-4H3. The third kappa shape index (κ3) is 3.27. The van der Waals surface area contributed by atoms with E-state index < -0.39 is 5.97 Å². The van der Waals surface area contributed by atoms with Gasteiger partial charge in [-0.3, -0.25) is 4.79 Å². The molecule has 0 atom stereocenters. The van der Waals surface area contributed by atoms with Gasteiger partial charge >= 0.3 is 11.9 Å². The van der Waals surface area contributed by atoms with Gasteiger partial charge in [0.1, 0.15) is 11.5 Å². The zero-order valence-corrected chi connectivity index (χ0v) is 15.3. The third-order valence-electron chi connectivity index (χ3n) is 4.57. The highest BCUT2D eigenvalue weighted by Gasteiger charge is 2.26. The number of hydrogen-bond donors (Lipinski definition) is 0. The fraction of sp³-hybridized carbons (Fsp3) is 0.273. The fourth-order valence-electron chi connectivity index (χ4n) is 3.25. The van der Waals surface area contributed by atoms with Crippen molar-refractivity contribution in [1.82, 2.24) is 0 Å².